The first-order valence-electron chi connectivity index (χ1n) is 4.96. The molecule has 0 N–H and O–H groups in total. The fourth-order valence-corrected chi connectivity index (χ4v) is 3.54. The molecule has 76 valence electrons. The maximum Gasteiger partial charge on any atom is 0.142 e. The molecule has 1 aliphatic carbocycles. The highest BCUT2D eigenvalue weighted by molar-refractivity contribution is 7.86. The second-order valence-corrected chi connectivity index (χ2v) is 5.84. The van der Waals surface area contributed by atoms with Crippen molar-refractivity contribution in [1.82, 2.24) is 0 Å². The van der Waals surface area contributed by atoms with E-state index in [2.05, 4.69) is 6.92 Å². The Kier molecular flexibility index (Phi) is 4.10. The predicted octanol–water partition coefficient (Wildman–Crippen LogP) is 1.90. The first-order chi connectivity index (χ1) is 6.09. The molecule has 0 spiro atoms. The average Bonchev–Trinajstić information content (AvgIpc) is 2.03. The zero-order valence-corrected chi connectivity index (χ0v) is 9.23. The molecule has 3 heteroatoms. The molecular weight excluding hydrogens is 184 g/mol. The molecule has 3 unspecified atom stereocenters. The molecule has 1 fully saturated rings. The van der Waals surface area contributed by atoms with Crippen molar-refractivity contribution >= 4 is 16.6 Å². The van der Waals surface area contributed by atoms with Crippen molar-refractivity contribution in [2.75, 3.05) is 5.75 Å². The first-order valence-corrected chi connectivity index (χ1v) is 6.34. The van der Waals surface area contributed by atoms with Gasteiger partial charge in [0.2, 0.25) is 0 Å². The highest BCUT2D eigenvalue weighted by Gasteiger charge is 2.24. The second kappa shape index (κ2) is 4.89. The lowest BCUT2D eigenvalue weighted by Crippen LogP contribution is -2.26. The summed E-state index contributed by atoms with van der Waals surface area (Å²) in [6.07, 6.45) is 4.52. The maximum absolute atomic E-state index is 11.6. The van der Waals surface area contributed by atoms with Gasteiger partial charge in [-0.25, -0.2) is 0 Å². The fraction of sp³-hybridized carbons (Fsp3) is 0.900. The third-order valence-corrected chi connectivity index (χ3v) is 4.47. The number of rotatable bonds is 3. The first kappa shape index (κ1) is 10.9. The molecule has 1 saturated carbocycles. The molecule has 2 nitrogen and oxygen atoms in total. The van der Waals surface area contributed by atoms with E-state index >= 15 is 0 Å². The van der Waals surface area contributed by atoms with Crippen molar-refractivity contribution in [2.45, 2.75) is 44.8 Å². The monoisotopic (exact) mass is 202 g/mol. The Morgan fingerprint density at radius 2 is 2.15 bits per heavy atom. The van der Waals surface area contributed by atoms with E-state index in [9.17, 15) is 9.00 Å². The summed E-state index contributed by atoms with van der Waals surface area (Å²) in [5.74, 6) is 1.00. The van der Waals surface area contributed by atoms with E-state index < -0.39 is 10.8 Å². The van der Waals surface area contributed by atoms with Crippen LogP contribution in [-0.2, 0) is 15.6 Å². The summed E-state index contributed by atoms with van der Waals surface area (Å²) < 4.78 is 11.6. The normalized spacial score (nSPS) is 31.2. The minimum atomic E-state index is -0.907. The van der Waals surface area contributed by atoms with Crippen LogP contribution in [0.25, 0.3) is 0 Å². The SMILES string of the molecule is CC(=O)CS(=O)C1CCCC(C)C1. The van der Waals surface area contributed by atoms with Crippen molar-refractivity contribution < 1.29 is 9.00 Å². The van der Waals surface area contributed by atoms with Crippen LogP contribution in [0.2, 0.25) is 0 Å². The molecule has 13 heavy (non-hydrogen) atoms. The smallest absolute Gasteiger partial charge is 0.142 e. The third-order valence-electron chi connectivity index (χ3n) is 2.61. The fourth-order valence-electron chi connectivity index (χ4n) is 1.94. The average molecular weight is 202 g/mol. The zero-order chi connectivity index (χ0) is 9.84. The summed E-state index contributed by atoms with van der Waals surface area (Å²) in [6.45, 7) is 3.72. The van der Waals surface area contributed by atoms with Gasteiger partial charge in [-0.2, -0.15) is 0 Å². The van der Waals surface area contributed by atoms with Crippen molar-refractivity contribution in [1.29, 1.82) is 0 Å². The van der Waals surface area contributed by atoms with Crippen molar-refractivity contribution in [3.63, 3.8) is 0 Å². The van der Waals surface area contributed by atoms with Gasteiger partial charge in [-0.1, -0.05) is 19.8 Å². The van der Waals surface area contributed by atoms with Gasteiger partial charge in [0.25, 0.3) is 0 Å². The number of carbonyl (C=O) groups is 1. The summed E-state index contributed by atoms with van der Waals surface area (Å²) >= 11 is 0. The number of Topliss-reactive ketones (excluding diaryl/α,β-unsaturated/α-hetero) is 1. The largest absolute Gasteiger partial charge is 0.299 e. The molecule has 0 amide bonds. The van der Waals surface area contributed by atoms with Gasteiger partial charge in [-0.3, -0.25) is 9.00 Å². The molecule has 1 rings (SSSR count). The van der Waals surface area contributed by atoms with Gasteiger partial charge in [0.15, 0.2) is 0 Å². The third kappa shape index (κ3) is 3.59. The van der Waals surface area contributed by atoms with Gasteiger partial charge in [-0.05, 0) is 25.7 Å². The van der Waals surface area contributed by atoms with E-state index in [0.29, 0.717) is 5.92 Å². The lowest BCUT2D eigenvalue weighted by atomic mass is 9.91. The van der Waals surface area contributed by atoms with Crippen LogP contribution >= 0.6 is 0 Å². The number of hydrogen-bond acceptors (Lipinski definition) is 2. The topological polar surface area (TPSA) is 34.1 Å². The summed E-state index contributed by atoms with van der Waals surface area (Å²) in [6, 6.07) is 0. The molecular formula is C10H18O2S. The van der Waals surface area contributed by atoms with Crippen LogP contribution in [0.1, 0.15) is 39.5 Å². The predicted molar refractivity (Wildman–Crippen MR) is 55.1 cm³/mol. The zero-order valence-electron chi connectivity index (χ0n) is 8.41. The van der Waals surface area contributed by atoms with Crippen LogP contribution in [0, 0.1) is 5.92 Å². The molecule has 1 aliphatic rings. The van der Waals surface area contributed by atoms with Crippen LogP contribution in [0.5, 0.6) is 0 Å². The number of ketones is 1. The minimum absolute atomic E-state index is 0.0524. The molecule has 0 bridgehead atoms. The highest BCUT2D eigenvalue weighted by atomic mass is 32.2. The number of hydrogen-bond donors (Lipinski definition) is 0. The lowest BCUT2D eigenvalue weighted by molar-refractivity contribution is -0.114. The quantitative estimate of drug-likeness (QED) is 0.700. The van der Waals surface area contributed by atoms with Gasteiger partial charge in [0.05, 0.1) is 5.75 Å². The van der Waals surface area contributed by atoms with Crippen LogP contribution in [0.3, 0.4) is 0 Å². The number of carbonyl (C=O) groups excluding carboxylic acids is 1. The van der Waals surface area contributed by atoms with Crippen LogP contribution in [0.15, 0.2) is 0 Å². The van der Waals surface area contributed by atoms with Crippen molar-refractivity contribution in [3.8, 4) is 0 Å². The molecule has 3 atom stereocenters. The van der Waals surface area contributed by atoms with Crippen LogP contribution in [0.4, 0.5) is 0 Å². The summed E-state index contributed by atoms with van der Waals surface area (Å²) in [4.78, 5) is 10.8. The molecule has 0 aromatic heterocycles. The summed E-state index contributed by atoms with van der Waals surface area (Å²) in [5.41, 5.74) is 0. The van der Waals surface area contributed by atoms with Gasteiger partial charge in [0, 0.05) is 16.0 Å². The van der Waals surface area contributed by atoms with Gasteiger partial charge in [-0.15, -0.1) is 0 Å². The van der Waals surface area contributed by atoms with Gasteiger partial charge in [0.1, 0.15) is 5.78 Å². The Balaban J connectivity index is 2.41. The Bertz CT molecular complexity index is 213. The molecule has 0 heterocycles. The Hall–Kier alpha value is -0.180. The molecule has 0 radical (unpaired) electrons. The van der Waals surface area contributed by atoms with Crippen LogP contribution < -0.4 is 0 Å². The Morgan fingerprint density at radius 3 is 2.69 bits per heavy atom. The van der Waals surface area contributed by atoms with Crippen molar-refractivity contribution in [2.24, 2.45) is 5.92 Å². The van der Waals surface area contributed by atoms with Gasteiger partial charge >= 0.3 is 0 Å². The summed E-state index contributed by atoms with van der Waals surface area (Å²) in [5, 5.41) is 0.285. The maximum atomic E-state index is 11.6. The molecule has 0 saturated heterocycles. The minimum Gasteiger partial charge on any atom is -0.299 e. The van der Waals surface area contributed by atoms with Gasteiger partial charge < -0.3 is 0 Å². The molecule has 0 aromatic rings. The van der Waals surface area contributed by atoms with E-state index in [-0.39, 0.29) is 16.8 Å². The highest BCUT2D eigenvalue weighted by Crippen LogP contribution is 2.26. The lowest BCUT2D eigenvalue weighted by Gasteiger charge is -2.25. The van der Waals surface area contributed by atoms with E-state index in [1.807, 2.05) is 0 Å². The standard InChI is InChI=1S/C10H18O2S/c1-8-4-3-5-10(6-8)13(12)7-9(2)11/h8,10H,3-7H2,1-2H3. The Morgan fingerprint density at radius 1 is 1.46 bits per heavy atom. The summed E-state index contributed by atoms with van der Waals surface area (Å²) in [7, 11) is -0.907. The second-order valence-electron chi connectivity index (χ2n) is 4.12. The van der Waals surface area contributed by atoms with Crippen molar-refractivity contribution in [3.05, 3.63) is 0 Å². The Labute approximate surface area is 82.6 Å². The molecule has 0 aliphatic heterocycles. The van der Waals surface area contributed by atoms with E-state index in [4.69, 9.17) is 0 Å². The van der Waals surface area contributed by atoms with E-state index in [1.54, 1.807) is 0 Å². The molecule has 0 aromatic carbocycles. The van der Waals surface area contributed by atoms with E-state index in [0.717, 1.165) is 12.8 Å². The van der Waals surface area contributed by atoms with E-state index in [1.165, 1.54) is 19.8 Å². The van der Waals surface area contributed by atoms with Crippen LogP contribution in [-0.4, -0.2) is 21.0 Å².